The van der Waals surface area contributed by atoms with Crippen molar-refractivity contribution in [2.45, 2.75) is 12.8 Å². The molecule has 0 aromatic carbocycles. The van der Waals surface area contributed by atoms with Gasteiger partial charge < -0.3 is 5.11 Å². The normalized spacial score (nSPS) is 10.6. The van der Waals surface area contributed by atoms with Crippen LogP contribution < -0.4 is 0 Å². The van der Waals surface area contributed by atoms with E-state index in [1.165, 1.54) is 11.3 Å². The Labute approximate surface area is 95.2 Å². The van der Waals surface area contributed by atoms with Crippen LogP contribution in [0.15, 0.2) is 24.3 Å². The summed E-state index contributed by atoms with van der Waals surface area (Å²) in [5, 5.41) is 9.34. The maximum Gasteiger partial charge on any atom is 0.213 e. The number of rotatable bonds is 3. The molecule has 16 heavy (non-hydrogen) atoms. The molecule has 0 radical (unpaired) electrons. The summed E-state index contributed by atoms with van der Waals surface area (Å²) in [4.78, 5) is 4.41. The predicted molar refractivity (Wildman–Crippen MR) is 57.5 cm³/mol. The number of thiophene rings is 1. The van der Waals surface area contributed by atoms with Gasteiger partial charge in [-0.25, -0.2) is 9.37 Å². The third-order valence-electron chi connectivity index (χ3n) is 2.14. The first kappa shape index (κ1) is 11.0. The van der Waals surface area contributed by atoms with Crippen LogP contribution in [-0.2, 0) is 12.8 Å². The van der Waals surface area contributed by atoms with Crippen LogP contribution in [0.4, 0.5) is 8.78 Å². The van der Waals surface area contributed by atoms with E-state index in [4.69, 9.17) is 5.11 Å². The highest BCUT2D eigenvalue weighted by Gasteiger charge is 2.07. The first-order valence-electron chi connectivity index (χ1n) is 4.74. The van der Waals surface area contributed by atoms with Crippen molar-refractivity contribution in [3.05, 3.63) is 46.6 Å². The second-order valence-electron chi connectivity index (χ2n) is 3.30. The summed E-state index contributed by atoms with van der Waals surface area (Å²) in [6.07, 6.45) is 0.863. The molecule has 2 rings (SSSR count). The molecular formula is C11H9F2NOS. The zero-order valence-electron chi connectivity index (χ0n) is 8.28. The molecule has 0 atom stereocenters. The van der Waals surface area contributed by atoms with Crippen molar-refractivity contribution in [2.75, 3.05) is 0 Å². The van der Waals surface area contributed by atoms with Crippen LogP contribution in [0.25, 0.3) is 0 Å². The topological polar surface area (TPSA) is 33.1 Å². The Balaban J connectivity index is 2.07. The SMILES string of the molecule is Oc1ccc(CCc2nc(F)ccc2F)s1. The van der Waals surface area contributed by atoms with E-state index < -0.39 is 11.8 Å². The minimum atomic E-state index is -0.676. The number of pyridine rings is 1. The monoisotopic (exact) mass is 241 g/mol. The van der Waals surface area contributed by atoms with Crippen LogP contribution in [0.2, 0.25) is 0 Å². The standard InChI is InChI=1S/C11H9F2NOS/c12-8-3-5-10(13)14-9(8)4-1-7-2-6-11(15)16-7/h2-3,5-6,15H,1,4H2. The maximum absolute atomic E-state index is 13.2. The number of hydrogen-bond donors (Lipinski definition) is 1. The molecule has 0 aliphatic heterocycles. The number of aromatic nitrogens is 1. The molecular weight excluding hydrogens is 232 g/mol. The van der Waals surface area contributed by atoms with Gasteiger partial charge in [-0.15, -0.1) is 11.3 Å². The average Bonchev–Trinajstić information content (AvgIpc) is 2.66. The Kier molecular flexibility index (Phi) is 3.14. The van der Waals surface area contributed by atoms with E-state index in [2.05, 4.69) is 4.98 Å². The lowest BCUT2D eigenvalue weighted by molar-refractivity contribution is 0.491. The molecule has 0 saturated heterocycles. The molecule has 2 aromatic heterocycles. The fourth-order valence-corrected chi connectivity index (χ4v) is 2.12. The summed E-state index contributed by atoms with van der Waals surface area (Å²) in [7, 11) is 0. The van der Waals surface area contributed by atoms with Crippen molar-refractivity contribution in [1.29, 1.82) is 0 Å². The zero-order valence-corrected chi connectivity index (χ0v) is 9.10. The molecule has 5 heteroatoms. The van der Waals surface area contributed by atoms with Gasteiger partial charge >= 0.3 is 0 Å². The van der Waals surface area contributed by atoms with Crippen molar-refractivity contribution in [3.63, 3.8) is 0 Å². The summed E-state index contributed by atoms with van der Waals surface area (Å²) < 4.78 is 26.0. The third-order valence-corrected chi connectivity index (χ3v) is 3.09. The first-order chi connectivity index (χ1) is 7.65. The number of hydrogen-bond acceptors (Lipinski definition) is 3. The molecule has 2 aromatic rings. The molecule has 0 fully saturated rings. The van der Waals surface area contributed by atoms with Gasteiger partial charge in [0.25, 0.3) is 0 Å². The summed E-state index contributed by atoms with van der Waals surface area (Å²) in [5.74, 6) is -1.17. The molecule has 0 spiro atoms. The van der Waals surface area contributed by atoms with Crippen molar-refractivity contribution in [3.8, 4) is 5.06 Å². The molecule has 0 aliphatic carbocycles. The highest BCUT2D eigenvalue weighted by Crippen LogP contribution is 2.23. The Bertz CT molecular complexity index is 498. The number of nitrogens with zero attached hydrogens (tertiary/aromatic N) is 1. The van der Waals surface area contributed by atoms with E-state index in [9.17, 15) is 8.78 Å². The van der Waals surface area contributed by atoms with Crippen LogP contribution in [0.3, 0.4) is 0 Å². The minimum absolute atomic E-state index is 0.118. The fraction of sp³-hybridized carbons (Fsp3) is 0.182. The van der Waals surface area contributed by atoms with Gasteiger partial charge in [0.15, 0.2) is 5.06 Å². The van der Waals surface area contributed by atoms with Gasteiger partial charge in [-0.05, 0) is 37.1 Å². The molecule has 1 N–H and O–H groups in total. The van der Waals surface area contributed by atoms with Gasteiger partial charge in [0.05, 0.1) is 5.69 Å². The molecule has 0 saturated carbocycles. The Morgan fingerprint density at radius 1 is 1.12 bits per heavy atom. The lowest BCUT2D eigenvalue weighted by Crippen LogP contribution is -1.99. The lowest BCUT2D eigenvalue weighted by atomic mass is 10.2. The van der Waals surface area contributed by atoms with Gasteiger partial charge in [0, 0.05) is 4.88 Å². The highest BCUT2D eigenvalue weighted by molar-refractivity contribution is 7.13. The zero-order chi connectivity index (χ0) is 11.5. The smallest absolute Gasteiger partial charge is 0.213 e. The second kappa shape index (κ2) is 4.57. The molecule has 0 bridgehead atoms. The lowest BCUT2D eigenvalue weighted by Gasteiger charge is -2.00. The fourth-order valence-electron chi connectivity index (χ4n) is 1.38. The Hall–Kier alpha value is -1.49. The van der Waals surface area contributed by atoms with Gasteiger partial charge in [0.1, 0.15) is 5.82 Å². The first-order valence-corrected chi connectivity index (χ1v) is 5.55. The Morgan fingerprint density at radius 3 is 2.62 bits per heavy atom. The van der Waals surface area contributed by atoms with E-state index >= 15 is 0 Å². The quantitative estimate of drug-likeness (QED) is 0.838. The largest absolute Gasteiger partial charge is 0.499 e. The van der Waals surface area contributed by atoms with E-state index in [-0.39, 0.29) is 10.8 Å². The van der Waals surface area contributed by atoms with Crippen molar-refractivity contribution >= 4 is 11.3 Å². The number of aromatic hydroxyl groups is 1. The van der Waals surface area contributed by atoms with Crippen molar-refractivity contribution in [2.24, 2.45) is 0 Å². The van der Waals surface area contributed by atoms with Crippen LogP contribution >= 0.6 is 11.3 Å². The molecule has 0 unspecified atom stereocenters. The summed E-state index contributed by atoms with van der Waals surface area (Å²) in [6, 6.07) is 5.41. The average molecular weight is 241 g/mol. The summed E-state index contributed by atoms with van der Waals surface area (Å²) in [6.45, 7) is 0. The molecule has 0 aliphatic rings. The van der Waals surface area contributed by atoms with E-state index in [1.54, 1.807) is 12.1 Å². The van der Waals surface area contributed by atoms with Gasteiger partial charge in [-0.3, -0.25) is 0 Å². The number of aryl methyl sites for hydroxylation is 2. The predicted octanol–water partition coefficient (Wildman–Crippen LogP) is 2.91. The molecule has 2 nitrogen and oxygen atoms in total. The van der Waals surface area contributed by atoms with Crippen molar-refractivity contribution < 1.29 is 13.9 Å². The van der Waals surface area contributed by atoms with E-state index in [0.29, 0.717) is 12.8 Å². The second-order valence-corrected chi connectivity index (χ2v) is 4.45. The molecule has 0 amide bonds. The highest BCUT2D eigenvalue weighted by atomic mass is 32.1. The Morgan fingerprint density at radius 2 is 1.94 bits per heavy atom. The van der Waals surface area contributed by atoms with Crippen LogP contribution in [-0.4, -0.2) is 10.1 Å². The van der Waals surface area contributed by atoms with E-state index in [1.807, 2.05) is 0 Å². The third kappa shape index (κ3) is 2.55. The van der Waals surface area contributed by atoms with Gasteiger partial charge in [-0.1, -0.05) is 0 Å². The van der Waals surface area contributed by atoms with Gasteiger partial charge in [-0.2, -0.15) is 4.39 Å². The minimum Gasteiger partial charge on any atom is -0.499 e. The summed E-state index contributed by atoms with van der Waals surface area (Å²) >= 11 is 1.23. The summed E-state index contributed by atoms with van der Waals surface area (Å²) in [5.41, 5.74) is 0.118. The molecule has 2 heterocycles. The van der Waals surface area contributed by atoms with Gasteiger partial charge in [0.2, 0.25) is 5.95 Å². The van der Waals surface area contributed by atoms with Crippen LogP contribution in [0, 0.1) is 11.8 Å². The number of halogens is 2. The molecule has 84 valence electrons. The maximum atomic E-state index is 13.2. The van der Waals surface area contributed by atoms with Crippen LogP contribution in [0.5, 0.6) is 5.06 Å². The van der Waals surface area contributed by atoms with E-state index in [0.717, 1.165) is 17.0 Å². The van der Waals surface area contributed by atoms with Crippen LogP contribution in [0.1, 0.15) is 10.6 Å². The van der Waals surface area contributed by atoms with Crippen molar-refractivity contribution in [1.82, 2.24) is 4.98 Å².